The SMILES string of the molecule is COC(=O)C[C@H](c1ccc(OC)c(OC)c1)c1c(O)cc(O)c2c(=O)c(O)c(-c3ccc(O)c(O)c3)oc12. The average molecular weight is 524 g/mol. The predicted molar refractivity (Wildman–Crippen MR) is 134 cm³/mol. The van der Waals surface area contributed by atoms with E-state index in [1.807, 2.05) is 0 Å². The molecule has 3 aromatic carbocycles. The molecule has 5 N–H and O–H groups in total. The molecule has 0 fully saturated rings. The van der Waals surface area contributed by atoms with E-state index in [0.717, 1.165) is 18.2 Å². The number of methoxy groups -OCH3 is 3. The van der Waals surface area contributed by atoms with Crippen LogP contribution in [0.25, 0.3) is 22.3 Å². The summed E-state index contributed by atoms with van der Waals surface area (Å²) in [6.07, 6.45) is -0.320. The Morgan fingerprint density at radius 2 is 1.55 bits per heavy atom. The van der Waals surface area contributed by atoms with E-state index in [4.69, 9.17) is 18.6 Å². The number of phenolic OH excluding ortho intramolecular Hbond substituents is 4. The first-order valence-electron chi connectivity index (χ1n) is 11.2. The second kappa shape index (κ2) is 10.1. The van der Waals surface area contributed by atoms with E-state index in [-0.39, 0.29) is 23.1 Å². The van der Waals surface area contributed by atoms with Gasteiger partial charge in [0.2, 0.25) is 11.2 Å². The predicted octanol–water partition coefficient (Wildman–Crippen LogP) is 3.70. The van der Waals surface area contributed by atoms with E-state index in [1.54, 1.807) is 18.2 Å². The van der Waals surface area contributed by atoms with Gasteiger partial charge in [-0.1, -0.05) is 6.07 Å². The van der Waals surface area contributed by atoms with Gasteiger partial charge in [-0.25, -0.2) is 0 Å². The second-order valence-electron chi connectivity index (χ2n) is 8.29. The van der Waals surface area contributed by atoms with Gasteiger partial charge in [-0.05, 0) is 35.9 Å². The van der Waals surface area contributed by atoms with Crippen molar-refractivity contribution < 1.29 is 49.0 Å². The molecule has 1 heterocycles. The van der Waals surface area contributed by atoms with Gasteiger partial charge in [-0.15, -0.1) is 0 Å². The van der Waals surface area contributed by atoms with Gasteiger partial charge in [0.1, 0.15) is 22.5 Å². The van der Waals surface area contributed by atoms with Crippen molar-refractivity contribution >= 4 is 16.9 Å². The molecule has 4 rings (SSSR count). The molecule has 38 heavy (non-hydrogen) atoms. The first-order chi connectivity index (χ1) is 18.1. The van der Waals surface area contributed by atoms with Crippen LogP contribution in [-0.4, -0.2) is 52.8 Å². The average Bonchev–Trinajstić information content (AvgIpc) is 2.90. The van der Waals surface area contributed by atoms with Crippen LogP contribution in [0.4, 0.5) is 0 Å². The minimum Gasteiger partial charge on any atom is -0.507 e. The summed E-state index contributed by atoms with van der Waals surface area (Å²) in [5.74, 6) is -4.38. The van der Waals surface area contributed by atoms with Gasteiger partial charge in [-0.2, -0.15) is 0 Å². The molecule has 11 heteroatoms. The first-order valence-corrected chi connectivity index (χ1v) is 11.2. The zero-order valence-electron chi connectivity index (χ0n) is 20.5. The molecule has 11 nitrogen and oxygen atoms in total. The van der Waals surface area contributed by atoms with Gasteiger partial charge in [0.15, 0.2) is 28.8 Å². The van der Waals surface area contributed by atoms with Crippen LogP contribution in [0.2, 0.25) is 0 Å². The van der Waals surface area contributed by atoms with Crippen LogP contribution in [0.15, 0.2) is 51.7 Å². The third-order valence-corrected chi connectivity index (χ3v) is 6.13. The molecule has 0 saturated carbocycles. The molecule has 4 aromatic rings. The molecule has 198 valence electrons. The fraction of sp³-hybridized carbons (Fsp3) is 0.185. The third-order valence-electron chi connectivity index (χ3n) is 6.13. The molecule has 0 aliphatic carbocycles. The topological polar surface area (TPSA) is 176 Å². The lowest BCUT2D eigenvalue weighted by atomic mass is 9.86. The number of carbonyl (C=O) groups is 1. The Kier molecular flexibility index (Phi) is 6.94. The Bertz CT molecular complexity index is 1600. The molecule has 1 aromatic heterocycles. The molecule has 1 atom stereocenters. The van der Waals surface area contributed by atoms with Gasteiger partial charge in [0.05, 0.1) is 27.8 Å². The lowest BCUT2D eigenvalue weighted by Crippen LogP contribution is -2.13. The Labute approximate surface area is 215 Å². The van der Waals surface area contributed by atoms with Crippen molar-refractivity contribution in [1.82, 2.24) is 0 Å². The zero-order valence-corrected chi connectivity index (χ0v) is 20.5. The molecule has 0 aliphatic rings. The number of hydrogen-bond donors (Lipinski definition) is 5. The number of esters is 1. The summed E-state index contributed by atoms with van der Waals surface area (Å²) < 4.78 is 21.4. The maximum atomic E-state index is 13.2. The Hall–Kier alpha value is -5.06. The number of carbonyl (C=O) groups excluding carboxylic acids is 1. The molecule has 0 saturated heterocycles. The minimum absolute atomic E-state index is 0.0150. The normalized spacial score (nSPS) is 11.8. The minimum atomic E-state index is -1.03. The summed E-state index contributed by atoms with van der Waals surface area (Å²) in [6, 6.07) is 9.14. The lowest BCUT2D eigenvalue weighted by Gasteiger charge is -2.21. The molecule has 0 bridgehead atoms. The van der Waals surface area contributed by atoms with Crippen molar-refractivity contribution in [1.29, 1.82) is 0 Å². The standard InChI is InChI=1S/C27H24O11/c1-35-19-7-5-12(9-20(19)36-2)14(10-21(32)37-3)22-17(30)11-18(31)23-24(33)25(34)26(38-27(22)23)13-4-6-15(28)16(29)8-13/h4-9,11,14,28-31,34H,10H2,1-3H3/t14-/m1/s1. The summed E-state index contributed by atoms with van der Waals surface area (Å²) in [7, 11) is 4.06. The van der Waals surface area contributed by atoms with Gasteiger partial charge in [0, 0.05) is 23.1 Å². The van der Waals surface area contributed by atoms with Crippen LogP contribution in [0.5, 0.6) is 40.2 Å². The van der Waals surface area contributed by atoms with Crippen molar-refractivity contribution in [3.63, 3.8) is 0 Å². The van der Waals surface area contributed by atoms with Crippen LogP contribution in [0, 0.1) is 0 Å². The van der Waals surface area contributed by atoms with Crippen molar-refractivity contribution in [2.75, 3.05) is 21.3 Å². The van der Waals surface area contributed by atoms with Crippen LogP contribution in [-0.2, 0) is 9.53 Å². The van der Waals surface area contributed by atoms with Crippen LogP contribution in [0.3, 0.4) is 0 Å². The fourth-order valence-corrected chi connectivity index (χ4v) is 4.25. The molecule has 0 spiro atoms. The van der Waals surface area contributed by atoms with Crippen molar-refractivity contribution in [2.45, 2.75) is 12.3 Å². The Balaban J connectivity index is 2.08. The fourth-order valence-electron chi connectivity index (χ4n) is 4.25. The van der Waals surface area contributed by atoms with E-state index in [9.17, 15) is 35.1 Å². The summed E-state index contributed by atoms with van der Waals surface area (Å²) in [5, 5.41) is 51.3. The molecule has 0 unspecified atom stereocenters. The molecule has 0 aliphatic heterocycles. The monoisotopic (exact) mass is 524 g/mol. The second-order valence-corrected chi connectivity index (χ2v) is 8.29. The van der Waals surface area contributed by atoms with Gasteiger partial charge in [0.25, 0.3) is 0 Å². The highest BCUT2D eigenvalue weighted by Crippen LogP contribution is 2.46. The third kappa shape index (κ3) is 4.45. The molecular formula is C27H24O11. The number of hydrogen-bond acceptors (Lipinski definition) is 11. The largest absolute Gasteiger partial charge is 0.507 e. The van der Waals surface area contributed by atoms with E-state index in [2.05, 4.69) is 0 Å². The van der Waals surface area contributed by atoms with Crippen LogP contribution in [0.1, 0.15) is 23.5 Å². The molecule has 0 radical (unpaired) electrons. The highest BCUT2D eigenvalue weighted by atomic mass is 16.5. The lowest BCUT2D eigenvalue weighted by molar-refractivity contribution is -0.140. The quantitative estimate of drug-likeness (QED) is 0.176. The molecular weight excluding hydrogens is 500 g/mol. The number of rotatable bonds is 7. The summed E-state index contributed by atoms with van der Waals surface area (Å²) in [5.41, 5.74) is -0.957. The number of aromatic hydroxyl groups is 5. The number of fused-ring (bicyclic) bond motifs is 1. The van der Waals surface area contributed by atoms with Crippen LogP contribution >= 0.6 is 0 Å². The van der Waals surface area contributed by atoms with Crippen molar-refractivity contribution in [3.8, 4) is 51.6 Å². The van der Waals surface area contributed by atoms with E-state index in [1.165, 1.54) is 27.4 Å². The summed E-state index contributed by atoms with van der Waals surface area (Å²) >= 11 is 0. The Morgan fingerprint density at radius 3 is 2.18 bits per heavy atom. The first kappa shape index (κ1) is 26.0. The highest BCUT2D eigenvalue weighted by Gasteiger charge is 2.30. The van der Waals surface area contributed by atoms with Crippen molar-refractivity contribution in [2.24, 2.45) is 0 Å². The van der Waals surface area contributed by atoms with Gasteiger partial charge < -0.3 is 44.2 Å². The maximum Gasteiger partial charge on any atom is 0.306 e. The number of ether oxygens (including phenoxy) is 3. The van der Waals surface area contributed by atoms with Crippen molar-refractivity contribution in [3.05, 3.63) is 63.8 Å². The van der Waals surface area contributed by atoms with E-state index >= 15 is 0 Å². The van der Waals surface area contributed by atoms with E-state index < -0.39 is 57.2 Å². The smallest absolute Gasteiger partial charge is 0.306 e. The maximum absolute atomic E-state index is 13.2. The number of phenols is 4. The summed E-state index contributed by atoms with van der Waals surface area (Å²) in [6.45, 7) is 0. The van der Waals surface area contributed by atoms with Gasteiger partial charge in [-0.3, -0.25) is 9.59 Å². The molecule has 0 amide bonds. The number of benzene rings is 3. The van der Waals surface area contributed by atoms with Gasteiger partial charge >= 0.3 is 5.97 Å². The summed E-state index contributed by atoms with van der Waals surface area (Å²) in [4.78, 5) is 25.6. The Morgan fingerprint density at radius 1 is 0.842 bits per heavy atom. The van der Waals surface area contributed by atoms with E-state index in [0.29, 0.717) is 17.1 Å². The highest BCUT2D eigenvalue weighted by molar-refractivity contribution is 5.92. The van der Waals surface area contributed by atoms with Crippen LogP contribution < -0.4 is 14.9 Å². The zero-order chi connectivity index (χ0) is 27.7.